The van der Waals surface area contributed by atoms with Gasteiger partial charge in [0.25, 0.3) is 5.91 Å². The lowest BCUT2D eigenvalue weighted by Gasteiger charge is -2.22. The molecule has 1 atom stereocenters. The standard InChI is InChI=1S/C14H23N3O2/c1-9(2)13(8-19-5)17-14(18)11-7-16-10(3)6-12(11)15-4/h6-7,9,13H,8H2,1-5H3,(H,15,16)(H,17,18). The van der Waals surface area contributed by atoms with Crippen LogP contribution in [0.1, 0.15) is 29.9 Å². The maximum atomic E-state index is 12.3. The number of methoxy groups -OCH3 is 1. The molecule has 0 aliphatic carbocycles. The van der Waals surface area contributed by atoms with Crippen molar-refractivity contribution in [1.82, 2.24) is 10.3 Å². The molecule has 0 fully saturated rings. The number of hydrogen-bond acceptors (Lipinski definition) is 4. The smallest absolute Gasteiger partial charge is 0.255 e. The first kappa shape index (κ1) is 15.4. The van der Waals surface area contributed by atoms with Crippen LogP contribution in [0.3, 0.4) is 0 Å². The van der Waals surface area contributed by atoms with E-state index in [9.17, 15) is 4.79 Å². The van der Waals surface area contributed by atoms with Gasteiger partial charge in [0, 0.05) is 26.0 Å². The lowest BCUT2D eigenvalue weighted by molar-refractivity contribution is 0.0867. The summed E-state index contributed by atoms with van der Waals surface area (Å²) >= 11 is 0. The molecule has 1 amide bonds. The van der Waals surface area contributed by atoms with E-state index in [-0.39, 0.29) is 11.9 Å². The van der Waals surface area contributed by atoms with Crippen molar-refractivity contribution in [3.63, 3.8) is 0 Å². The molecular formula is C14H23N3O2. The maximum absolute atomic E-state index is 12.3. The van der Waals surface area contributed by atoms with Gasteiger partial charge in [-0.15, -0.1) is 0 Å². The third-order valence-corrected chi connectivity index (χ3v) is 3.02. The Balaban J connectivity index is 2.88. The molecule has 0 spiro atoms. The van der Waals surface area contributed by atoms with Gasteiger partial charge in [-0.3, -0.25) is 9.78 Å². The summed E-state index contributed by atoms with van der Waals surface area (Å²) in [4.78, 5) is 16.5. The molecule has 106 valence electrons. The molecule has 1 rings (SSSR count). The molecule has 19 heavy (non-hydrogen) atoms. The highest BCUT2D eigenvalue weighted by molar-refractivity contribution is 5.99. The van der Waals surface area contributed by atoms with Gasteiger partial charge in [-0.05, 0) is 18.9 Å². The highest BCUT2D eigenvalue weighted by atomic mass is 16.5. The summed E-state index contributed by atoms with van der Waals surface area (Å²) in [5.41, 5.74) is 2.21. The van der Waals surface area contributed by atoms with Crippen LogP contribution in [0.5, 0.6) is 0 Å². The molecule has 1 aromatic heterocycles. The normalized spacial score (nSPS) is 12.3. The fourth-order valence-corrected chi connectivity index (χ4v) is 1.77. The third-order valence-electron chi connectivity index (χ3n) is 3.02. The molecule has 1 aromatic rings. The fraction of sp³-hybridized carbons (Fsp3) is 0.571. The Morgan fingerprint density at radius 1 is 1.47 bits per heavy atom. The lowest BCUT2D eigenvalue weighted by Crippen LogP contribution is -2.41. The summed E-state index contributed by atoms with van der Waals surface area (Å²) in [5.74, 6) is 0.174. The van der Waals surface area contributed by atoms with Crippen LogP contribution in [-0.2, 0) is 4.74 Å². The SMILES string of the molecule is CNc1cc(C)ncc1C(=O)NC(COC)C(C)C. The monoisotopic (exact) mass is 265 g/mol. The number of ether oxygens (including phenoxy) is 1. The first-order valence-electron chi connectivity index (χ1n) is 6.43. The number of aryl methyl sites for hydroxylation is 1. The van der Waals surface area contributed by atoms with Gasteiger partial charge in [-0.1, -0.05) is 13.8 Å². The zero-order valence-electron chi connectivity index (χ0n) is 12.3. The van der Waals surface area contributed by atoms with Crippen molar-refractivity contribution < 1.29 is 9.53 Å². The van der Waals surface area contributed by atoms with Gasteiger partial charge in [0.1, 0.15) is 0 Å². The van der Waals surface area contributed by atoms with E-state index < -0.39 is 0 Å². The van der Waals surface area contributed by atoms with E-state index in [1.54, 1.807) is 20.4 Å². The largest absolute Gasteiger partial charge is 0.387 e. The summed E-state index contributed by atoms with van der Waals surface area (Å²) in [5, 5.41) is 6.00. The minimum atomic E-state index is -0.132. The highest BCUT2D eigenvalue weighted by Crippen LogP contribution is 2.15. The van der Waals surface area contributed by atoms with Gasteiger partial charge in [0.15, 0.2) is 0 Å². The molecule has 0 saturated carbocycles. The topological polar surface area (TPSA) is 63.2 Å². The molecule has 0 aliphatic heterocycles. The van der Waals surface area contributed by atoms with E-state index >= 15 is 0 Å². The van der Waals surface area contributed by atoms with Gasteiger partial charge < -0.3 is 15.4 Å². The number of rotatable bonds is 6. The molecule has 0 aromatic carbocycles. The number of pyridine rings is 1. The molecule has 1 unspecified atom stereocenters. The molecule has 1 heterocycles. The average molecular weight is 265 g/mol. The minimum absolute atomic E-state index is 0.0106. The Labute approximate surface area is 114 Å². The van der Waals surface area contributed by atoms with E-state index in [2.05, 4.69) is 29.5 Å². The Kier molecular flexibility index (Phi) is 5.76. The highest BCUT2D eigenvalue weighted by Gasteiger charge is 2.19. The number of carbonyl (C=O) groups excluding carboxylic acids is 1. The number of carbonyl (C=O) groups is 1. The number of hydrogen-bond donors (Lipinski definition) is 2. The van der Waals surface area contributed by atoms with E-state index in [0.717, 1.165) is 11.4 Å². The lowest BCUT2D eigenvalue weighted by atomic mass is 10.0. The van der Waals surface area contributed by atoms with Gasteiger partial charge in [0.2, 0.25) is 0 Å². The van der Waals surface area contributed by atoms with Gasteiger partial charge in [-0.25, -0.2) is 0 Å². The van der Waals surface area contributed by atoms with Crippen molar-refractivity contribution in [3.05, 3.63) is 23.5 Å². The van der Waals surface area contributed by atoms with E-state index in [1.165, 1.54) is 0 Å². The molecule has 0 aliphatic rings. The van der Waals surface area contributed by atoms with Crippen LogP contribution in [0.2, 0.25) is 0 Å². The van der Waals surface area contributed by atoms with Gasteiger partial charge in [0.05, 0.1) is 23.9 Å². The van der Waals surface area contributed by atoms with Crippen LogP contribution in [0.15, 0.2) is 12.3 Å². The fourth-order valence-electron chi connectivity index (χ4n) is 1.77. The predicted molar refractivity (Wildman–Crippen MR) is 76.5 cm³/mol. The van der Waals surface area contributed by atoms with Crippen LogP contribution < -0.4 is 10.6 Å². The van der Waals surface area contributed by atoms with Gasteiger partial charge >= 0.3 is 0 Å². The summed E-state index contributed by atoms with van der Waals surface area (Å²) in [7, 11) is 3.43. The van der Waals surface area contributed by atoms with Crippen LogP contribution >= 0.6 is 0 Å². The molecule has 0 radical (unpaired) electrons. The predicted octanol–water partition coefficient (Wildman–Crippen LogP) is 1.83. The van der Waals surface area contributed by atoms with Crippen LogP contribution in [-0.4, -0.2) is 37.7 Å². The van der Waals surface area contributed by atoms with Crippen molar-refractivity contribution in [2.24, 2.45) is 5.92 Å². The minimum Gasteiger partial charge on any atom is -0.387 e. The van der Waals surface area contributed by atoms with E-state index in [1.807, 2.05) is 13.0 Å². The molecule has 0 bridgehead atoms. The number of nitrogens with one attached hydrogen (secondary N) is 2. The third kappa shape index (κ3) is 4.21. The van der Waals surface area contributed by atoms with Crippen LogP contribution in [0.4, 0.5) is 5.69 Å². The molecule has 2 N–H and O–H groups in total. The number of aromatic nitrogens is 1. The Bertz CT molecular complexity index is 433. The van der Waals surface area contributed by atoms with Crippen LogP contribution in [0.25, 0.3) is 0 Å². The number of amides is 1. The zero-order valence-corrected chi connectivity index (χ0v) is 12.3. The molecule has 5 heteroatoms. The van der Waals surface area contributed by atoms with Gasteiger partial charge in [-0.2, -0.15) is 0 Å². The zero-order chi connectivity index (χ0) is 14.4. The van der Waals surface area contributed by atoms with Crippen LogP contribution in [0, 0.1) is 12.8 Å². The summed E-state index contributed by atoms with van der Waals surface area (Å²) < 4.78 is 5.13. The molecule has 0 saturated heterocycles. The van der Waals surface area contributed by atoms with E-state index in [0.29, 0.717) is 18.1 Å². The van der Waals surface area contributed by atoms with Crippen molar-refractivity contribution in [2.75, 3.05) is 26.1 Å². The first-order chi connectivity index (χ1) is 8.99. The second-order valence-corrected chi connectivity index (χ2v) is 4.90. The van der Waals surface area contributed by atoms with Crippen molar-refractivity contribution in [1.29, 1.82) is 0 Å². The van der Waals surface area contributed by atoms with Crippen molar-refractivity contribution in [2.45, 2.75) is 26.8 Å². The average Bonchev–Trinajstić information content (AvgIpc) is 2.37. The van der Waals surface area contributed by atoms with Crippen molar-refractivity contribution >= 4 is 11.6 Å². The second-order valence-electron chi connectivity index (χ2n) is 4.90. The summed E-state index contributed by atoms with van der Waals surface area (Å²) in [6.45, 7) is 6.49. The van der Waals surface area contributed by atoms with E-state index in [4.69, 9.17) is 4.74 Å². The summed E-state index contributed by atoms with van der Waals surface area (Å²) in [6.07, 6.45) is 1.60. The second kappa shape index (κ2) is 7.09. The Hall–Kier alpha value is -1.62. The molecular weight excluding hydrogens is 242 g/mol. The molecule has 5 nitrogen and oxygen atoms in total. The number of nitrogens with zero attached hydrogens (tertiary/aromatic N) is 1. The summed E-state index contributed by atoms with van der Waals surface area (Å²) in [6, 6.07) is 1.85. The Morgan fingerprint density at radius 2 is 2.16 bits per heavy atom. The van der Waals surface area contributed by atoms with Crippen molar-refractivity contribution in [3.8, 4) is 0 Å². The quantitative estimate of drug-likeness (QED) is 0.823. The first-order valence-corrected chi connectivity index (χ1v) is 6.43. The maximum Gasteiger partial charge on any atom is 0.255 e. The number of anilines is 1. The Morgan fingerprint density at radius 3 is 2.68 bits per heavy atom.